The highest BCUT2D eigenvalue weighted by Crippen LogP contribution is 2.14. The molecule has 2 aromatic heterocycles. The molecule has 2 rings (SSSR count). The van der Waals surface area contributed by atoms with E-state index in [0.717, 1.165) is 16.9 Å². The second-order valence-electron chi connectivity index (χ2n) is 4.04. The Morgan fingerprint density at radius 3 is 2.85 bits per heavy atom. The van der Waals surface area contributed by atoms with Crippen molar-refractivity contribution < 1.29 is 13.9 Å². The quantitative estimate of drug-likeness (QED) is 0.819. The second-order valence-corrected chi connectivity index (χ2v) is 4.82. The van der Waals surface area contributed by atoms with Crippen molar-refractivity contribution in [2.24, 2.45) is 0 Å². The fourth-order valence-corrected chi connectivity index (χ4v) is 1.97. The van der Waals surface area contributed by atoms with Gasteiger partial charge in [0.05, 0.1) is 12.2 Å². The molecule has 2 aromatic rings. The van der Waals surface area contributed by atoms with Crippen LogP contribution in [0.4, 0.5) is 5.82 Å². The van der Waals surface area contributed by atoms with Gasteiger partial charge in [0.1, 0.15) is 11.6 Å². The van der Waals surface area contributed by atoms with Gasteiger partial charge < -0.3 is 14.5 Å². The summed E-state index contributed by atoms with van der Waals surface area (Å²) in [6.45, 7) is 2.83. The average Bonchev–Trinajstić information content (AvgIpc) is 2.85. The number of rotatable bonds is 6. The first-order valence-corrected chi connectivity index (χ1v) is 7.09. The fraction of sp³-hybridized carbons (Fsp3) is 0.286. The normalized spacial score (nSPS) is 10.3. The summed E-state index contributed by atoms with van der Waals surface area (Å²) in [5, 5.41) is 3.16. The maximum absolute atomic E-state index is 11.5. The van der Waals surface area contributed by atoms with Crippen molar-refractivity contribution in [2.75, 3.05) is 18.5 Å². The molecule has 0 unspecified atom stereocenters. The lowest BCUT2D eigenvalue weighted by molar-refractivity contribution is 0.0526. The maximum Gasteiger partial charge on any atom is 0.339 e. The molecule has 0 saturated carbocycles. The monoisotopic (exact) mass is 338 g/mol. The molecule has 0 spiro atoms. The highest BCUT2D eigenvalue weighted by molar-refractivity contribution is 9.10. The number of carbonyl (C=O) groups is 1. The lowest BCUT2D eigenvalue weighted by Gasteiger charge is -2.05. The number of ether oxygens (including phenoxy) is 1. The van der Waals surface area contributed by atoms with Gasteiger partial charge in [-0.3, -0.25) is 0 Å². The summed E-state index contributed by atoms with van der Waals surface area (Å²) in [5.74, 6) is 1.25. The molecular formula is C14H15BrN2O3. The van der Waals surface area contributed by atoms with Gasteiger partial charge in [0, 0.05) is 19.2 Å². The second kappa shape index (κ2) is 7.09. The van der Waals surface area contributed by atoms with E-state index in [0.29, 0.717) is 24.5 Å². The molecule has 2 heterocycles. The Kier molecular flexibility index (Phi) is 5.17. The summed E-state index contributed by atoms with van der Waals surface area (Å²) in [4.78, 5) is 15.6. The smallest absolute Gasteiger partial charge is 0.339 e. The number of furan rings is 1. The number of anilines is 1. The van der Waals surface area contributed by atoms with Gasteiger partial charge in [-0.05, 0) is 47.1 Å². The van der Waals surface area contributed by atoms with Crippen molar-refractivity contribution in [3.05, 3.63) is 46.5 Å². The molecular weight excluding hydrogens is 324 g/mol. The number of hydrogen-bond acceptors (Lipinski definition) is 5. The molecule has 0 fully saturated rings. The number of nitrogens with zero attached hydrogens (tertiary/aromatic N) is 1. The fourth-order valence-electron chi connectivity index (χ4n) is 1.63. The van der Waals surface area contributed by atoms with Gasteiger partial charge in [-0.2, -0.15) is 0 Å². The van der Waals surface area contributed by atoms with Gasteiger partial charge in [-0.1, -0.05) is 0 Å². The van der Waals surface area contributed by atoms with Crippen molar-refractivity contribution in [1.29, 1.82) is 0 Å². The van der Waals surface area contributed by atoms with E-state index >= 15 is 0 Å². The van der Waals surface area contributed by atoms with Crippen molar-refractivity contribution in [3.8, 4) is 0 Å². The minimum Gasteiger partial charge on any atom is -0.462 e. The highest BCUT2D eigenvalue weighted by atomic mass is 79.9. The molecule has 0 atom stereocenters. The number of hydrogen-bond donors (Lipinski definition) is 1. The Morgan fingerprint density at radius 1 is 1.40 bits per heavy atom. The zero-order chi connectivity index (χ0) is 14.4. The van der Waals surface area contributed by atoms with Crippen molar-refractivity contribution >= 4 is 27.7 Å². The number of halogens is 1. The maximum atomic E-state index is 11.5. The summed E-state index contributed by atoms with van der Waals surface area (Å²) in [7, 11) is 0. The van der Waals surface area contributed by atoms with Crippen LogP contribution in [0.2, 0.25) is 0 Å². The lowest BCUT2D eigenvalue weighted by atomic mass is 10.3. The molecule has 0 aromatic carbocycles. The van der Waals surface area contributed by atoms with Crippen LogP contribution < -0.4 is 5.32 Å². The van der Waals surface area contributed by atoms with Gasteiger partial charge in [-0.25, -0.2) is 9.78 Å². The molecule has 0 aliphatic heterocycles. The minimum atomic E-state index is -0.355. The lowest BCUT2D eigenvalue weighted by Crippen LogP contribution is -2.08. The molecule has 0 aliphatic rings. The van der Waals surface area contributed by atoms with Crippen LogP contribution in [0.1, 0.15) is 23.0 Å². The van der Waals surface area contributed by atoms with Gasteiger partial charge in [-0.15, -0.1) is 0 Å². The predicted octanol–water partition coefficient (Wildman–Crippen LogP) is 3.27. The molecule has 0 radical (unpaired) electrons. The molecule has 0 amide bonds. The van der Waals surface area contributed by atoms with Crippen molar-refractivity contribution in [3.63, 3.8) is 0 Å². The van der Waals surface area contributed by atoms with Gasteiger partial charge in [0.15, 0.2) is 4.67 Å². The Bertz CT molecular complexity index is 566. The molecule has 20 heavy (non-hydrogen) atoms. The molecule has 5 nitrogen and oxygen atoms in total. The van der Waals surface area contributed by atoms with E-state index in [1.165, 1.54) is 6.20 Å². The van der Waals surface area contributed by atoms with Crippen LogP contribution in [-0.2, 0) is 11.2 Å². The average molecular weight is 339 g/mol. The predicted molar refractivity (Wildman–Crippen MR) is 78.8 cm³/mol. The number of nitrogens with one attached hydrogen (secondary N) is 1. The van der Waals surface area contributed by atoms with E-state index in [9.17, 15) is 4.79 Å². The summed E-state index contributed by atoms with van der Waals surface area (Å²) in [5.41, 5.74) is 0.451. The number of esters is 1. The van der Waals surface area contributed by atoms with E-state index in [2.05, 4.69) is 26.2 Å². The summed E-state index contributed by atoms with van der Waals surface area (Å²) in [6, 6.07) is 7.23. The third-order valence-corrected chi connectivity index (χ3v) is 3.01. The Balaban J connectivity index is 1.83. The summed E-state index contributed by atoms with van der Waals surface area (Å²) >= 11 is 3.26. The standard InChI is InChI=1S/C14H15BrN2O3/c1-2-19-14(18)10-3-6-13(17-9-10)16-8-7-11-4-5-12(15)20-11/h3-6,9H,2,7-8H2,1H3,(H,16,17). The van der Waals surface area contributed by atoms with Crippen LogP contribution in [0.25, 0.3) is 0 Å². The summed E-state index contributed by atoms with van der Waals surface area (Å²) < 4.78 is 11.0. The Labute approximate surface area is 125 Å². The zero-order valence-electron chi connectivity index (χ0n) is 11.1. The first-order valence-electron chi connectivity index (χ1n) is 6.30. The van der Waals surface area contributed by atoms with E-state index in [4.69, 9.17) is 9.15 Å². The first-order chi connectivity index (χ1) is 9.69. The first kappa shape index (κ1) is 14.6. The van der Waals surface area contributed by atoms with Gasteiger partial charge >= 0.3 is 5.97 Å². The van der Waals surface area contributed by atoms with Crippen LogP contribution in [-0.4, -0.2) is 24.1 Å². The van der Waals surface area contributed by atoms with E-state index in [1.807, 2.05) is 12.1 Å². The molecule has 106 valence electrons. The largest absolute Gasteiger partial charge is 0.462 e. The minimum absolute atomic E-state index is 0.355. The van der Waals surface area contributed by atoms with Crippen LogP contribution >= 0.6 is 15.9 Å². The Morgan fingerprint density at radius 2 is 2.25 bits per heavy atom. The van der Waals surface area contributed by atoms with E-state index in [1.54, 1.807) is 19.1 Å². The number of pyridine rings is 1. The third kappa shape index (κ3) is 4.09. The van der Waals surface area contributed by atoms with Crippen molar-refractivity contribution in [2.45, 2.75) is 13.3 Å². The summed E-state index contributed by atoms with van der Waals surface area (Å²) in [6.07, 6.45) is 2.26. The number of aromatic nitrogens is 1. The Hall–Kier alpha value is -1.82. The van der Waals surface area contributed by atoms with E-state index in [-0.39, 0.29) is 5.97 Å². The molecule has 1 N–H and O–H groups in total. The zero-order valence-corrected chi connectivity index (χ0v) is 12.6. The molecule has 0 bridgehead atoms. The highest BCUT2D eigenvalue weighted by Gasteiger charge is 2.06. The SMILES string of the molecule is CCOC(=O)c1ccc(NCCc2ccc(Br)o2)nc1. The topological polar surface area (TPSA) is 64.4 Å². The van der Waals surface area contributed by atoms with Crippen molar-refractivity contribution in [1.82, 2.24) is 4.98 Å². The third-order valence-electron chi connectivity index (χ3n) is 2.58. The molecule has 0 aliphatic carbocycles. The van der Waals surface area contributed by atoms with Gasteiger partial charge in [0.25, 0.3) is 0 Å². The van der Waals surface area contributed by atoms with E-state index < -0.39 is 0 Å². The molecule has 6 heteroatoms. The number of carbonyl (C=O) groups excluding carboxylic acids is 1. The molecule has 0 saturated heterocycles. The van der Waals surface area contributed by atoms with Crippen LogP contribution in [0.3, 0.4) is 0 Å². The van der Waals surface area contributed by atoms with Crippen LogP contribution in [0.5, 0.6) is 0 Å². The van der Waals surface area contributed by atoms with Gasteiger partial charge in [0.2, 0.25) is 0 Å². The van der Waals surface area contributed by atoms with Crippen LogP contribution in [0.15, 0.2) is 39.5 Å². The van der Waals surface area contributed by atoms with Crippen LogP contribution in [0, 0.1) is 0 Å².